The first-order valence-electron chi connectivity index (χ1n) is 4.59. The Hall–Kier alpha value is -1.37. The van der Waals surface area contributed by atoms with E-state index in [4.69, 9.17) is 5.41 Å². The Balaban J connectivity index is 2.87. The lowest BCUT2D eigenvalue weighted by Gasteiger charge is -2.06. The monoisotopic (exact) mass is 173 g/mol. The standard InChI is InChI=1S/C12H15N/c1-2-6-11(9-10-13)12-7-4-3-5-8-12/h2,4,6-10,13H,3,5H2,1H3/b6-2-,11-9+,13-10?. The third kappa shape index (κ3) is 2.86. The molecule has 0 bridgehead atoms. The fraction of sp³-hybridized carbons (Fsp3) is 0.250. The topological polar surface area (TPSA) is 23.9 Å². The number of hydrogen-bond donors (Lipinski definition) is 1. The van der Waals surface area contributed by atoms with Crippen molar-refractivity contribution in [1.29, 1.82) is 5.41 Å². The Kier molecular flexibility index (Phi) is 3.97. The number of nitrogens with one attached hydrogen (secondary N) is 1. The van der Waals surface area contributed by atoms with Crippen LogP contribution in [0, 0.1) is 5.41 Å². The van der Waals surface area contributed by atoms with Crippen LogP contribution in [0.25, 0.3) is 0 Å². The molecule has 13 heavy (non-hydrogen) atoms. The minimum absolute atomic E-state index is 1.11. The molecule has 0 aromatic heterocycles. The zero-order chi connectivity index (χ0) is 9.52. The lowest BCUT2D eigenvalue weighted by molar-refractivity contribution is 1.02. The van der Waals surface area contributed by atoms with Crippen molar-refractivity contribution in [1.82, 2.24) is 0 Å². The molecule has 0 aromatic rings. The summed E-state index contributed by atoms with van der Waals surface area (Å²) in [4.78, 5) is 0. The fourth-order valence-electron chi connectivity index (χ4n) is 1.34. The molecule has 68 valence electrons. The predicted octanol–water partition coefficient (Wildman–Crippen LogP) is 3.41. The average molecular weight is 173 g/mol. The van der Waals surface area contributed by atoms with E-state index < -0.39 is 0 Å². The number of rotatable bonds is 3. The van der Waals surface area contributed by atoms with Gasteiger partial charge in [-0.2, -0.15) is 0 Å². The zero-order valence-corrected chi connectivity index (χ0v) is 7.96. The van der Waals surface area contributed by atoms with Crippen LogP contribution in [-0.2, 0) is 0 Å². The zero-order valence-electron chi connectivity index (χ0n) is 7.96. The Morgan fingerprint density at radius 2 is 2.31 bits per heavy atom. The minimum Gasteiger partial charge on any atom is -0.309 e. The summed E-state index contributed by atoms with van der Waals surface area (Å²) < 4.78 is 0. The van der Waals surface area contributed by atoms with Crippen molar-refractivity contribution >= 4 is 6.21 Å². The molecule has 0 amide bonds. The largest absolute Gasteiger partial charge is 0.309 e. The van der Waals surface area contributed by atoms with Crippen LogP contribution in [0.5, 0.6) is 0 Å². The second kappa shape index (κ2) is 5.31. The molecule has 0 fully saturated rings. The van der Waals surface area contributed by atoms with Crippen molar-refractivity contribution in [3.63, 3.8) is 0 Å². The molecule has 1 N–H and O–H groups in total. The Labute approximate surface area is 79.7 Å². The van der Waals surface area contributed by atoms with Crippen LogP contribution >= 0.6 is 0 Å². The molecule has 0 aromatic carbocycles. The van der Waals surface area contributed by atoms with Gasteiger partial charge in [0, 0.05) is 6.21 Å². The van der Waals surface area contributed by atoms with E-state index in [9.17, 15) is 0 Å². The summed E-state index contributed by atoms with van der Waals surface area (Å²) in [6.45, 7) is 1.99. The molecule has 0 radical (unpaired) electrons. The van der Waals surface area contributed by atoms with Crippen molar-refractivity contribution in [2.45, 2.75) is 19.8 Å². The van der Waals surface area contributed by atoms with Gasteiger partial charge in [0.1, 0.15) is 0 Å². The van der Waals surface area contributed by atoms with Crippen LogP contribution in [0.2, 0.25) is 0 Å². The minimum atomic E-state index is 1.11. The molecule has 1 heteroatoms. The van der Waals surface area contributed by atoms with Gasteiger partial charge in [-0.3, -0.25) is 0 Å². The van der Waals surface area contributed by atoms with Crippen LogP contribution in [0.3, 0.4) is 0 Å². The van der Waals surface area contributed by atoms with Crippen LogP contribution in [0.15, 0.2) is 47.6 Å². The van der Waals surface area contributed by atoms with Gasteiger partial charge < -0.3 is 5.41 Å². The maximum atomic E-state index is 7.04. The molecule has 1 aliphatic rings. The first kappa shape index (κ1) is 9.72. The molecule has 1 rings (SSSR count). The van der Waals surface area contributed by atoms with Crippen molar-refractivity contribution in [3.8, 4) is 0 Å². The third-order valence-electron chi connectivity index (χ3n) is 1.94. The molecule has 0 saturated carbocycles. The van der Waals surface area contributed by atoms with Crippen LogP contribution < -0.4 is 0 Å². The molecule has 1 aliphatic carbocycles. The molecule has 0 spiro atoms. The van der Waals surface area contributed by atoms with E-state index in [2.05, 4.69) is 18.2 Å². The highest BCUT2D eigenvalue weighted by Gasteiger charge is 1.99. The quantitative estimate of drug-likeness (QED) is 0.499. The molecular weight excluding hydrogens is 158 g/mol. The molecule has 0 unspecified atom stereocenters. The fourth-order valence-corrected chi connectivity index (χ4v) is 1.34. The van der Waals surface area contributed by atoms with Gasteiger partial charge in [-0.15, -0.1) is 0 Å². The Morgan fingerprint density at radius 3 is 2.85 bits per heavy atom. The first-order chi connectivity index (χ1) is 6.38. The van der Waals surface area contributed by atoms with E-state index in [1.54, 1.807) is 0 Å². The number of allylic oxidation sites excluding steroid dienone is 8. The van der Waals surface area contributed by atoms with Crippen molar-refractivity contribution in [2.24, 2.45) is 0 Å². The molecular formula is C12H15N. The maximum absolute atomic E-state index is 7.04. The Morgan fingerprint density at radius 1 is 1.46 bits per heavy atom. The second-order valence-corrected chi connectivity index (χ2v) is 2.93. The molecule has 0 aliphatic heterocycles. The molecule has 1 nitrogen and oxygen atoms in total. The molecule has 0 heterocycles. The molecule has 0 saturated heterocycles. The van der Waals surface area contributed by atoms with Gasteiger partial charge in [0.25, 0.3) is 0 Å². The Bertz CT molecular complexity index is 290. The van der Waals surface area contributed by atoms with Gasteiger partial charge in [-0.1, -0.05) is 30.4 Å². The second-order valence-electron chi connectivity index (χ2n) is 2.93. The van der Waals surface area contributed by atoms with E-state index in [0.29, 0.717) is 0 Å². The summed E-state index contributed by atoms with van der Waals surface area (Å²) in [5.74, 6) is 0. The normalized spacial score (nSPS) is 17.6. The van der Waals surface area contributed by atoms with E-state index in [0.717, 1.165) is 18.4 Å². The highest BCUT2D eigenvalue weighted by Crippen LogP contribution is 2.18. The maximum Gasteiger partial charge on any atom is 0.0183 e. The van der Waals surface area contributed by atoms with Crippen LogP contribution in [0.1, 0.15) is 19.8 Å². The predicted molar refractivity (Wildman–Crippen MR) is 58.1 cm³/mol. The van der Waals surface area contributed by atoms with E-state index >= 15 is 0 Å². The van der Waals surface area contributed by atoms with Crippen LogP contribution in [0.4, 0.5) is 0 Å². The van der Waals surface area contributed by atoms with E-state index in [-0.39, 0.29) is 0 Å². The highest BCUT2D eigenvalue weighted by molar-refractivity contribution is 5.72. The van der Waals surface area contributed by atoms with Gasteiger partial charge in [0.05, 0.1) is 0 Å². The summed E-state index contributed by atoms with van der Waals surface area (Å²) in [6.07, 6.45) is 16.0. The SMILES string of the molecule is C/C=C\C(=C/C=N)C1=CCCC=C1. The van der Waals surface area contributed by atoms with Crippen molar-refractivity contribution in [3.05, 3.63) is 47.6 Å². The van der Waals surface area contributed by atoms with Crippen molar-refractivity contribution < 1.29 is 0 Å². The van der Waals surface area contributed by atoms with Crippen molar-refractivity contribution in [2.75, 3.05) is 0 Å². The molecule has 0 atom stereocenters. The van der Waals surface area contributed by atoms with Gasteiger partial charge >= 0.3 is 0 Å². The smallest absolute Gasteiger partial charge is 0.0183 e. The first-order valence-corrected chi connectivity index (χ1v) is 4.59. The van der Waals surface area contributed by atoms with Gasteiger partial charge in [0.2, 0.25) is 0 Å². The summed E-state index contributed by atoms with van der Waals surface area (Å²) >= 11 is 0. The third-order valence-corrected chi connectivity index (χ3v) is 1.94. The van der Waals surface area contributed by atoms with Crippen LogP contribution in [-0.4, -0.2) is 6.21 Å². The average Bonchev–Trinajstić information content (AvgIpc) is 2.19. The summed E-state index contributed by atoms with van der Waals surface area (Å²) in [7, 11) is 0. The number of hydrogen-bond acceptors (Lipinski definition) is 1. The summed E-state index contributed by atoms with van der Waals surface area (Å²) in [5, 5.41) is 7.04. The van der Waals surface area contributed by atoms with E-state index in [1.807, 2.05) is 25.2 Å². The lowest BCUT2D eigenvalue weighted by atomic mass is 9.99. The van der Waals surface area contributed by atoms with Gasteiger partial charge in [-0.05, 0) is 37.0 Å². The van der Waals surface area contributed by atoms with Gasteiger partial charge in [0.15, 0.2) is 0 Å². The van der Waals surface area contributed by atoms with E-state index in [1.165, 1.54) is 11.8 Å². The summed E-state index contributed by atoms with van der Waals surface area (Å²) in [6, 6.07) is 0. The van der Waals surface area contributed by atoms with Gasteiger partial charge in [-0.25, -0.2) is 0 Å². The lowest BCUT2D eigenvalue weighted by Crippen LogP contribution is -1.88. The highest BCUT2D eigenvalue weighted by atomic mass is 14.3. The summed E-state index contributed by atoms with van der Waals surface area (Å²) in [5.41, 5.74) is 2.35.